The van der Waals surface area contributed by atoms with E-state index in [0.29, 0.717) is 13.2 Å². The molecule has 1 aromatic carbocycles. The van der Waals surface area contributed by atoms with Gasteiger partial charge in [-0.05, 0) is 25.0 Å². The van der Waals surface area contributed by atoms with E-state index in [0.717, 1.165) is 38.5 Å². The zero-order valence-corrected chi connectivity index (χ0v) is 20.0. The number of halogens is 2. The molecule has 0 atom stereocenters. The Balaban J connectivity index is 2.44. The third kappa shape index (κ3) is 10.7. The maximum Gasteiger partial charge on any atom is 0.339 e. The quantitative estimate of drug-likeness (QED) is 0.185. The second-order valence-corrected chi connectivity index (χ2v) is 8.43. The molecule has 0 amide bonds. The van der Waals surface area contributed by atoms with Crippen molar-refractivity contribution >= 4 is 35.1 Å². The van der Waals surface area contributed by atoms with Crippen LogP contribution in [0.5, 0.6) is 0 Å². The summed E-state index contributed by atoms with van der Waals surface area (Å²) in [5, 5.41) is 0.276. The lowest BCUT2D eigenvalue weighted by Gasteiger charge is -2.10. The number of carbonyl (C=O) groups is 2. The molecule has 1 rings (SSSR count). The van der Waals surface area contributed by atoms with Crippen molar-refractivity contribution in [3.63, 3.8) is 0 Å². The van der Waals surface area contributed by atoms with Crippen LogP contribution in [-0.2, 0) is 9.47 Å². The van der Waals surface area contributed by atoms with E-state index in [-0.39, 0.29) is 21.2 Å². The van der Waals surface area contributed by atoms with Crippen molar-refractivity contribution in [2.45, 2.75) is 90.9 Å². The van der Waals surface area contributed by atoms with E-state index in [1.54, 1.807) is 0 Å². The van der Waals surface area contributed by atoms with Crippen LogP contribution in [0.1, 0.15) is 112 Å². The molecule has 0 fully saturated rings. The Kier molecular flexibility index (Phi) is 14.7. The number of rotatable bonds is 16. The maximum absolute atomic E-state index is 12.3. The summed E-state index contributed by atoms with van der Waals surface area (Å²) in [7, 11) is 0. The first kappa shape index (κ1) is 26.8. The highest BCUT2D eigenvalue weighted by molar-refractivity contribution is 6.37. The molecule has 170 valence electrons. The molecule has 0 unspecified atom stereocenters. The molecule has 0 saturated heterocycles. The first-order valence-electron chi connectivity index (χ1n) is 11.3. The normalized spacial score (nSPS) is 10.8. The van der Waals surface area contributed by atoms with Gasteiger partial charge in [-0.15, -0.1) is 0 Å². The van der Waals surface area contributed by atoms with Gasteiger partial charge in [0.25, 0.3) is 0 Å². The van der Waals surface area contributed by atoms with E-state index in [2.05, 4.69) is 13.8 Å². The van der Waals surface area contributed by atoms with Gasteiger partial charge in [-0.1, -0.05) is 101 Å². The number of hydrogen-bond acceptors (Lipinski definition) is 4. The van der Waals surface area contributed by atoms with Crippen molar-refractivity contribution in [3.05, 3.63) is 33.3 Å². The van der Waals surface area contributed by atoms with E-state index >= 15 is 0 Å². The van der Waals surface area contributed by atoms with Gasteiger partial charge < -0.3 is 9.47 Å². The molecule has 0 aliphatic carbocycles. The summed E-state index contributed by atoms with van der Waals surface area (Å²) < 4.78 is 10.6. The molecule has 0 saturated carbocycles. The fourth-order valence-electron chi connectivity index (χ4n) is 3.11. The van der Waals surface area contributed by atoms with Gasteiger partial charge in [0.05, 0.1) is 34.4 Å². The van der Waals surface area contributed by atoms with Crippen LogP contribution in [0.4, 0.5) is 0 Å². The van der Waals surface area contributed by atoms with E-state index in [1.807, 2.05) is 0 Å². The molecule has 30 heavy (non-hydrogen) atoms. The molecule has 1 aromatic rings. The second-order valence-electron chi connectivity index (χ2n) is 7.62. The fraction of sp³-hybridized carbons (Fsp3) is 0.667. The van der Waals surface area contributed by atoms with Crippen LogP contribution >= 0.6 is 23.2 Å². The number of benzene rings is 1. The summed E-state index contributed by atoms with van der Waals surface area (Å²) in [6.45, 7) is 5.05. The number of esters is 2. The highest BCUT2D eigenvalue weighted by atomic mass is 35.5. The topological polar surface area (TPSA) is 52.6 Å². The van der Waals surface area contributed by atoms with Crippen molar-refractivity contribution in [1.82, 2.24) is 0 Å². The van der Waals surface area contributed by atoms with Crippen LogP contribution in [0.2, 0.25) is 10.0 Å². The summed E-state index contributed by atoms with van der Waals surface area (Å²) >= 11 is 12.4. The van der Waals surface area contributed by atoms with Gasteiger partial charge in [0.1, 0.15) is 0 Å². The van der Waals surface area contributed by atoms with Crippen LogP contribution in [0.15, 0.2) is 12.1 Å². The van der Waals surface area contributed by atoms with E-state index in [1.165, 1.54) is 50.7 Å². The summed E-state index contributed by atoms with van der Waals surface area (Å²) in [5.41, 5.74) is 0.334. The van der Waals surface area contributed by atoms with Crippen molar-refractivity contribution in [2.24, 2.45) is 0 Å². The Labute approximate surface area is 191 Å². The van der Waals surface area contributed by atoms with Crippen molar-refractivity contribution in [2.75, 3.05) is 13.2 Å². The van der Waals surface area contributed by atoms with Gasteiger partial charge in [0.2, 0.25) is 0 Å². The Morgan fingerprint density at radius 2 is 0.967 bits per heavy atom. The predicted octanol–water partition coefficient (Wildman–Crippen LogP) is 8.03. The molecule has 6 heteroatoms. The Hall–Kier alpha value is -1.26. The van der Waals surface area contributed by atoms with E-state index < -0.39 is 11.9 Å². The van der Waals surface area contributed by atoms with Crippen LogP contribution < -0.4 is 0 Å². The predicted molar refractivity (Wildman–Crippen MR) is 124 cm³/mol. The van der Waals surface area contributed by atoms with Gasteiger partial charge in [-0.25, -0.2) is 9.59 Å². The van der Waals surface area contributed by atoms with E-state index in [4.69, 9.17) is 32.7 Å². The maximum atomic E-state index is 12.3. The summed E-state index contributed by atoms with van der Waals surface area (Å²) in [6.07, 6.45) is 13.3. The standard InChI is InChI=1S/C24H36Cl2O4/c1-3-5-7-9-11-13-15-29-23(27)19-17-22(26)20(18-21(19)25)24(28)30-16-14-12-10-8-6-4-2/h17-18H,3-16H2,1-2H3. The molecule has 0 heterocycles. The monoisotopic (exact) mass is 458 g/mol. The number of unbranched alkanes of at least 4 members (excludes halogenated alkanes) is 10. The third-order valence-corrected chi connectivity index (χ3v) is 5.58. The lowest BCUT2D eigenvalue weighted by molar-refractivity contribution is 0.0483. The van der Waals surface area contributed by atoms with Crippen molar-refractivity contribution in [1.29, 1.82) is 0 Å². The van der Waals surface area contributed by atoms with Crippen LogP contribution in [-0.4, -0.2) is 25.2 Å². The van der Waals surface area contributed by atoms with Gasteiger partial charge in [-0.2, -0.15) is 0 Å². The van der Waals surface area contributed by atoms with E-state index in [9.17, 15) is 9.59 Å². The lowest BCUT2D eigenvalue weighted by Crippen LogP contribution is -2.11. The highest BCUT2D eigenvalue weighted by Crippen LogP contribution is 2.27. The average Bonchev–Trinajstić information content (AvgIpc) is 2.73. The smallest absolute Gasteiger partial charge is 0.339 e. The van der Waals surface area contributed by atoms with Gasteiger partial charge in [-0.3, -0.25) is 0 Å². The van der Waals surface area contributed by atoms with Crippen LogP contribution in [0, 0.1) is 0 Å². The third-order valence-electron chi connectivity index (χ3n) is 4.96. The number of carbonyl (C=O) groups excluding carboxylic acids is 2. The van der Waals surface area contributed by atoms with Crippen molar-refractivity contribution < 1.29 is 19.1 Å². The minimum absolute atomic E-state index is 0.138. The first-order chi connectivity index (χ1) is 14.5. The van der Waals surface area contributed by atoms with Gasteiger partial charge in [0, 0.05) is 0 Å². The highest BCUT2D eigenvalue weighted by Gasteiger charge is 2.19. The Morgan fingerprint density at radius 1 is 0.633 bits per heavy atom. The minimum atomic E-state index is -0.526. The molecule has 0 radical (unpaired) electrons. The summed E-state index contributed by atoms with van der Waals surface area (Å²) in [5.74, 6) is -1.05. The van der Waals surface area contributed by atoms with Gasteiger partial charge >= 0.3 is 11.9 Å². The summed E-state index contributed by atoms with van der Waals surface area (Å²) in [6, 6.07) is 2.77. The second kappa shape index (κ2) is 16.4. The molecule has 0 spiro atoms. The fourth-order valence-corrected chi connectivity index (χ4v) is 3.59. The molecule has 0 aliphatic rings. The largest absolute Gasteiger partial charge is 0.462 e. The number of hydrogen-bond donors (Lipinski definition) is 0. The Bertz CT molecular complexity index is 591. The van der Waals surface area contributed by atoms with Crippen LogP contribution in [0.25, 0.3) is 0 Å². The lowest BCUT2D eigenvalue weighted by atomic mass is 10.1. The number of ether oxygens (including phenoxy) is 2. The minimum Gasteiger partial charge on any atom is -0.462 e. The zero-order valence-electron chi connectivity index (χ0n) is 18.4. The molecular formula is C24H36Cl2O4. The molecule has 0 N–H and O–H groups in total. The van der Waals surface area contributed by atoms with Crippen molar-refractivity contribution in [3.8, 4) is 0 Å². The molecule has 4 nitrogen and oxygen atoms in total. The average molecular weight is 459 g/mol. The van der Waals surface area contributed by atoms with Gasteiger partial charge in [0.15, 0.2) is 0 Å². The molecule has 0 bridgehead atoms. The van der Waals surface area contributed by atoms with Crippen LogP contribution in [0.3, 0.4) is 0 Å². The molecule has 0 aliphatic heterocycles. The zero-order chi connectivity index (χ0) is 22.2. The first-order valence-corrected chi connectivity index (χ1v) is 12.1. The summed E-state index contributed by atoms with van der Waals surface area (Å²) in [4.78, 5) is 24.5. The SMILES string of the molecule is CCCCCCCCOC(=O)c1cc(Cl)c(C(=O)OCCCCCCCC)cc1Cl. The Morgan fingerprint density at radius 3 is 1.33 bits per heavy atom. The molecule has 0 aromatic heterocycles. The molecular weight excluding hydrogens is 423 g/mol.